The van der Waals surface area contributed by atoms with Gasteiger partial charge < -0.3 is 29.6 Å². The Labute approximate surface area is 308 Å². The zero-order chi connectivity index (χ0) is 38.1. The number of ether oxygens (including phenoxy) is 2. The highest BCUT2D eigenvalue weighted by Gasteiger charge is 2.31. The molecule has 1 aromatic heterocycles. The second-order valence-corrected chi connectivity index (χ2v) is 12.9. The van der Waals surface area contributed by atoms with Gasteiger partial charge in [0.05, 0.1) is 24.3 Å². The number of piperidine rings is 1. The molecule has 2 N–H and O–H groups in total. The molecule has 10 heteroatoms. The molecule has 9 nitrogen and oxygen atoms in total. The number of imidazole rings is 1. The monoisotopic (exact) mass is 715 g/mol. The lowest BCUT2D eigenvalue weighted by molar-refractivity contribution is -0.125. The van der Waals surface area contributed by atoms with Crippen molar-refractivity contribution in [3.63, 3.8) is 0 Å². The van der Waals surface area contributed by atoms with E-state index in [0.717, 1.165) is 80.7 Å². The quantitative estimate of drug-likeness (QED) is 0.178. The number of benzene rings is 1. The summed E-state index contributed by atoms with van der Waals surface area (Å²) in [7, 11) is 5.20. The number of methoxy groups -OCH3 is 1. The first kappa shape index (κ1) is 46.4. The van der Waals surface area contributed by atoms with Gasteiger partial charge in [0.15, 0.2) is 0 Å². The molecular weight excluding hydrogens is 650 g/mol. The molecule has 3 rings (SSSR count). The van der Waals surface area contributed by atoms with Crippen molar-refractivity contribution >= 4 is 29.2 Å². The Morgan fingerprint density at radius 1 is 1.14 bits per heavy atom. The summed E-state index contributed by atoms with van der Waals surface area (Å²) in [5.74, 6) is 0.918. The second kappa shape index (κ2) is 27.2. The highest BCUT2D eigenvalue weighted by molar-refractivity contribution is 6.30. The number of hydrogen-bond donors (Lipinski definition) is 2. The number of halogens is 1. The average molecular weight is 716 g/mol. The van der Waals surface area contributed by atoms with E-state index in [4.69, 9.17) is 21.1 Å². The number of carbonyl (C=O) groups is 2. The molecule has 0 spiro atoms. The Hall–Kier alpha value is -3.56. The minimum atomic E-state index is -0.127. The predicted molar refractivity (Wildman–Crippen MR) is 210 cm³/mol. The minimum Gasteiger partial charge on any atom is -0.446 e. The highest BCUT2D eigenvalue weighted by Crippen LogP contribution is 2.40. The zero-order valence-corrected chi connectivity index (χ0v) is 33.0. The van der Waals surface area contributed by atoms with Crippen molar-refractivity contribution in [2.75, 3.05) is 33.9 Å². The normalized spacial score (nSPS) is 14.1. The maximum absolute atomic E-state index is 12.7. The number of aryl methyl sites for hydroxylation is 1. The van der Waals surface area contributed by atoms with Crippen LogP contribution in [0.4, 0.5) is 4.79 Å². The van der Waals surface area contributed by atoms with E-state index in [1.807, 2.05) is 36.6 Å². The molecule has 2 heterocycles. The van der Waals surface area contributed by atoms with Gasteiger partial charge in [0.2, 0.25) is 5.91 Å². The largest absolute Gasteiger partial charge is 0.446 e. The number of aromatic nitrogens is 2. The van der Waals surface area contributed by atoms with Crippen LogP contribution in [0.2, 0.25) is 5.02 Å². The van der Waals surface area contributed by atoms with Gasteiger partial charge in [-0.2, -0.15) is 0 Å². The molecule has 282 valence electrons. The van der Waals surface area contributed by atoms with Crippen LogP contribution >= 0.6 is 11.6 Å². The maximum atomic E-state index is 12.7. The van der Waals surface area contributed by atoms with Crippen molar-refractivity contribution in [2.24, 2.45) is 13.0 Å². The van der Waals surface area contributed by atoms with Gasteiger partial charge in [-0.15, -0.1) is 13.2 Å². The van der Waals surface area contributed by atoms with Crippen molar-refractivity contribution in [2.45, 2.75) is 104 Å². The van der Waals surface area contributed by atoms with E-state index in [1.54, 1.807) is 18.7 Å². The van der Waals surface area contributed by atoms with Crippen LogP contribution in [0, 0.1) is 5.92 Å². The number of unbranched alkanes of at least 4 members (excludes halogenated alkanes) is 1. The number of nitrogens with zero attached hydrogens (tertiary/aromatic N) is 3. The number of hydrogen-bond acceptors (Lipinski definition) is 6. The van der Waals surface area contributed by atoms with Crippen LogP contribution in [0.15, 0.2) is 63.2 Å². The fraction of sp³-hybridized carbons (Fsp3) is 0.575. The summed E-state index contributed by atoms with van der Waals surface area (Å²) >= 11 is 6.27. The third-order valence-electron chi connectivity index (χ3n) is 8.60. The maximum Gasteiger partial charge on any atom is 0.410 e. The zero-order valence-electron chi connectivity index (χ0n) is 32.2. The van der Waals surface area contributed by atoms with Gasteiger partial charge in [-0.3, -0.25) is 4.79 Å². The number of allylic oxidation sites excluding steroid dienone is 1. The molecular formula is C40H66ClN5O4. The third-order valence-corrected chi connectivity index (χ3v) is 8.83. The Balaban J connectivity index is 0.000000992. The van der Waals surface area contributed by atoms with Gasteiger partial charge in [0, 0.05) is 39.3 Å². The molecule has 1 aromatic carbocycles. The summed E-state index contributed by atoms with van der Waals surface area (Å²) in [6.45, 7) is 25.7. The summed E-state index contributed by atoms with van der Waals surface area (Å²) in [6, 6.07) is 6.19. The van der Waals surface area contributed by atoms with Gasteiger partial charge in [-0.1, -0.05) is 76.4 Å². The molecule has 1 aliphatic rings. The molecule has 50 heavy (non-hydrogen) atoms. The lowest BCUT2D eigenvalue weighted by atomic mass is 9.75. The van der Waals surface area contributed by atoms with Crippen molar-refractivity contribution in [1.82, 2.24) is 25.1 Å². The van der Waals surface area contributed by atoms with E-state index >= 15 is 0 Å². The Morgan fingerprint density at radius 2 is 1.78 bits per heavy atom. The van der Waals surface area contributed by atoms with Gasteiger partial charge in [0.25, 0.3) is 0 Å². The van der Waals surface area contributed by atoms with Crippen LogP contribution < -0.4 is 10.6 Å². The summed E-state index contributed by atoms with van der Waals surface area (Å²) in [6.07, 6.45) is 13.4. The molecule has 0 aliphatic carbocycles. The van der Waals surface area contributed by atoms with Crippen molar-refractivity contribution in [1.29, 1.82) is 0 Å². The van der Waals surface area contributed by atoms with Crippen LogP contribution in [-0.2, 0) is 21.3 Å². The van der Waals surface area contributed by atoms with Crippen molar-refractivity contribution < 1.29 is 19.1 Å². The molecule has 3 unspecified atom stereocenters. The second-order valence-electron chi connectivity index (χ2n) is 12.4. The number of likely N-dealkylation sites (tertiary alicyclic amines) is 1. The van der Waals surface area contributed by atoms with Crippen LogP contribution in [0.5, 0.6) is 0 Å². The highest BCUT2D eigenvalue weighted by atomic mass is 35.5. The lowest BCUT2D eigenvalue weighted by Crippen LogP contribution is -2.41. The summed E-state index contributed by atoms with van der Waals surface area (Å²) in [4.78, 5) is 29.7. The van der Waals surface area contributed by atoms with Gasteiger partial charge >= 0.3 is 6.09 Å². The summed E-state index contributed by atoms with van der Waals surface area (Å²) in [5, 5.41) is 6.26. The van der Waals surface area contributed by atoms with E-state index in [-0.39, 0.29) is 30.8 Å². The van der Waals surface area contributed by atoms with Gasteiger partial charge in [-0.05, 0) is 87.2 Å². The summed E-state index contributed by atoms with van der Waals surface area (Å²) < 4.78 is 12.4. The summed E-state index contributed by atoms with van der Waals surface area (Å²) in [5.41, 5.74) is 4.58. The van der Waals surface area contributed by atoms with E-state index in [9.17, 15) is 9.59 Å². The Morgan fingerprint density at radius 3 is 2.26 bits per heavy atom. The number of rotatable bonds is 15. The fourth-order valence-electron chi connectivity index (χ4n) is 5.93. The lowest BCUT2D eigenvalue weighted by Gasteiger charge is -2.37. The average Bonchev–Trinajstić information content (AvgIpc) is 3.56. The van der Waals surface area contributed by atoms with E-state index in [0.29, 0.717) is 11.8 Å². The van der Waals surface area contributed by atoms with Gasteiger partial charge in [0.1, 0.15) is 12.7 Å². The molecule has 1 aliphatic heterocycles. The molecule has 2 aromatic rings. The Bertz CT molecular complexity index is 1260. The van der Waals surface area contributed by atoms with E-state index in [1.165, 1.54) is 18.2 Å². The minimum absolute atomic E-state index is 0.0508. The molecule has 0 radical (unpaired) electrons. The standard InChI is InChI=1S/C26H40ClNO2.C9H15N3O2.C3H7N.C2H4/c1-6-9-11-22(8-3)30-26(29)28-16-14-20(15-17-28)23(10-7-2)24-13-12-21(27)18-25(24)19(4)5;1-7(11-9(13)5-14-3)8-4-10-6-12(8)2;1-3-4-2;1-2/h12-13,18,20,22-23H,4,6-11,14-17H2,1-3,5H3;4,6-7H,5H2,1-3H3,(H,11,13);3-4H,1H2,2H3;1-2H2. The molecule has 3 atom stereocenters. The molecule has 2 amide bonds. The smallest absolute Gasteiger partial charge is 0.410 e. The first-order valence-electron chi connectivity index (χ1n) is 17.9. The van der Waals surface area contributed by atoms with Gasteiger partial charge in [-0.25, -0.2) is 9.78 Å². The van der Waals surface area contributed by atoms with Crippen molar-refractivity contribution in [3.05, 3.63) is 85.1 Å². The molecule has 1 fully saturated rings. The SMILES string of the molecule is C=C.C=C(C)c1cc(Cl)ccc1C(CCC)C1CCN(C(=O)OC(CC)CCCC)CC1.C=CNC.COCC(=O)NC(C)c1cncn1C. The molecule has 0 bridgehead atoms. The van der Waals surface area contributed by atoms with E-state index in [2.05, 4.69) is 81.8 Å². The number of amides is 2. The van der Waals surface area contributed by atoms with Crippen LogP contribution in [0.25, 0.3) is 5.57 Å². The van der Waals surface area contributed by atoms with Crippen LogP contribution in [0.1, 0.15) is 115 Å². The first-order valence-corrected chi connectivity index (χ1v) is 18.3. The molecule has 1 saturated heterocycles. The third kappa shape index (κ3) is 16.9. The Kier molecular flexibility index (Phi) is 25.3. The van der Waals surface area contributed by atoms with Crippen LogP contribution in [-0.4, -0.2) is 66.4 Å². The topological polar surface area (TPSA) is 97.7 Å². The molecule has 0 saturated carbocycles. The fourth-order valence-corrected chi connectivity index (χ4v) is 6.10. The van der Waals surface area contributed by atoms with Crippen LogP contribution in [0.3, 0.4) is 0 Å². The number of carbonyl (C=O) groups excluding carboxylic acids is 2. The number of nitrogens with one attached hydrogen (secondary N) is 2. The first-order chi connectivity index (χ1) is 24.0. The van der Waals surface area contributed by atoms with E-state index < -0.39 is 0 Å². The van der Waals surface area contributed by atoms with Crippen molar-refractivity contribution in [3.8, 4) is 0 Å². The predicted octanol–water partition coefficient (Wildman–Crippen LogP) is 9.47.